The first kappa shape index (κ1) is 10.6. The van der Waals surface area contributed by atoms with Gasteiger partial charge in [0.05, 0.1) is 5.69 Å². The third kappa shape index (κ3) is 1.87. The van der Waals surface area contributed by atoms with Crippen LogP contribution in [-0.2, 0) is 0 Å². The molecular weight excluding hydrogens is 226 g/mol. The highest BCUT2D eigenvalue weighted by Gasteiger charge is 2.12. The molecule has 1 aromatic carbocycles. The van der Waals surface area contributed by atoms with Crippen LogP contribution in [0.3, 0.4) is 0 Å². The number of hydrogen-bond donors (Lipinski definition) is 3. The topological polar surface area (TPSA) is 74.4 Å². The van der Waals surface area contributed by atoms with E-state index in [-0.39, 0.29) is 0 Å². The van der Waals surface area contributed by atoms with Gasteiger partial charge in [0.1, 0.15) is 5.71 Å². The minimum Gasteiger partial charge on any atom is -0.410 e. The second kappa shape index (κ2) is 4.28. The Morgan fingerprint density at radius 1 is 1.38 bits per heavy atom. The van der Waals surface area contributed by atoms with Crippen molar-refractivity contribution in [1.82, 2.24) is 4.98 Å². The molecule has 0 radical (unpaired) electrons. The lowest BCUT2D eigenvalue weighted by Gasteiger charge is -2.06. The van der Waals surface area contributed by atoms with Crippen LogP contribution in [0.5, 0.6) is 0 Å². The third-order valence-corrected chi connectivity index (χ3v) is 2.46. The van der Waals surface area contributed by atoms with Crippen LogP contribution in [0.15, 0.2) is 41.7 Å². The van der Waals surface area contributed by atoms with Crippen LogP contribution in [0.4, 0.5) is 5.69 Å². The third-order valence-electron chi connectivity index (χ3n) is 2.22. The van der Waals surface area contributed by atoms with Crippen LogP contribution in [0.1, 0.15) is 11.3 Å². The van der Waals surface area contributed by atoms with E-state index in [4.69, 9.17) is 22.5 Å². The van der Waals surface area contributed by atoms with Gasteiger partial charge in [-0.15, -0.1) is 0 Å². The zero-order valence-corrected chi connectivity index (χ0v) is 9.07. The van der Waals surface area contributed by atoms with Crippen molar-refractivity contribution in [2.45, 2.75) is 0 Å². The molecule has 0 spiro atoms. The van der Waals surface area contributed by atoms with Crippen LogP contribution in [0.2, 0.25) is 5.02 Å². The van der Waals surface area contributed by atoms with Crippen molar-refractivity contribution in [2.75, 3.05) is 5.73 Å². The van der Waals surface area contributed by atoms with E-state index in [0.29, 0.717) is 27.7 Å². The Bertz CT molecular complexity index is 520. The van der Waals surface area contributed by atoms with Gasteiger partial charge in [-0.2, -0.15) is 0 Å². The maximum absolute atomic E-state index is 9.04. The Labute approximate surface area is 97.3 Å². The highest BCUT2D eigenvalue weighted by molar-refractivity contribution is 6.31. The van der Waals surface area contributed by atoms with Gasteiger partial charge in [0.2, 0.25) is 0 Å². The number of rotatable bonds is 2. The van der Waals surface area contributed by atoms with Crippen molar-refractivity contribution in [3.8, 4) is 0 Å². The Morgan fingerprint density at radius 2 is 2.19 bits per heavy atom. The largest absolute Gasteiger partial charge is 0.410 e. The molecule has 0 fully saturated rings. The monoisotopic (exact) mass is 235 g/mol. The average molecular weight is 236 g/mol. The second-order valence-corrected chi connectivity index (χ2v) is 3.70. The molecule has 5 heteroatoms. The van der Waals surface area contributed by atoms with Gasteiger partial charge >= 0.3 is 0 Å². The number of nitrogens with two attached hydrogens (primary N) is 1. The maximum atomic E-state index is 9.04. The molecule has 82 valence electrons. The molecule has 0 atom stereocenters. The fourth-order valence-corrected chi connectivity index (χ4v) is 1.64. The predicted octanol–water partition coefficient (Wildman–Crippen LogP) is 2.48. The molecule has 0 aliphatic heterocycles. The summed E-state index contributed by atoms with van der Waals surface area (Å²) in [6, 6.07) is 8.61. The molecule has 0 aliphatic rings. The summed E-state index contributed by atoms with van der Waals surface area (Å²) >= 11 is 5.88. The van der Waals surface area contributed by atoms with Crippen LogP contribution >= 0.6 is 11.6 Å². The summed E-state index contributed by atoms with van der Waals surface area (Å²) in [6.45, 7) is 0. The Morgan fingerprint density at radius 3 is 2.81 bits per heavy atom. The molecule has 16 heavy (non-hydrogen) atoms. The molecule has 0 saturated heterocycles. The van der Waals surface area contributed by atoms with Gasteiger partial charge in [0.15, 0.2) is 0 Å². The summed E-state index contributed by atoms with van der Waals surface area (Å²) < 4.78 is 0. The van der Waals surface area contributed by atoms with E-state index < -0.39 is 0 Å². The normalized spacial score (nSPS) is 11.7. The lowest BCUT2D eigenvalue weighted by atomic mass is 10.1. The highest BCUT2D eigenvalue weighted by Crippen LogP contribution is 2.21. The number of H-pyrrole nitrogens is 1. The molecule has 0 aliphatic carbocycles. The maximum Gasteiger partial charge on any atom is 0.135 e. The number of hydrogen-bond acceptors (Lipinski definition) is 3. The van der Waals surface area contributed by atoms with E-state index >= 15 is 0 Å². The molecule has 1 aromatic heterocycles. The van der Waals surface area contributed by atoms with Crippen LogP contribution in [0, 0.1) is 0 Å². The number of aromatic amines is 1. The molecule has 0 amide bonds. The standard InChI is InChI=1S/C11H10ClN3O/c12-7-3-4-9(13)8(6-7)11(15-16)10-2-1-5-14-10/h1-6,14,16H,13H2/b15-11+. The van der Waals surface area contributed by atoms with Crippen molar-refractivity contribution in [2.24, 2.45) is 5.16 Å². The van der Waals surface area contributed by atoms with Crippen molar-refractivity contribution >= 4 is 23.0 Å². The van der Waals surface area contributed by atoms with Crippen molar-refractivity contribution in [1.29, 1.82) is 0 Å². The summed E-state index contributed by atoms with van der Waals surface area (Å²) in [4.78, 5) is 2.94. The second-order valence-electron chi connectivity index (χ2n) is 3.26. The number of aromatic nitrogens is 1. The summed E-state index contributed by atoms with van der Waals surface area (Å²) in [5, 5.41) is 12.8. The first-order valence-electron chi connectivity index (χ1n) is 4.63. The average Bonchev–Trinajstić information content (AvgIpc) is 2.78. The fourth-order valence-electron chi connectivity index (χ4n) is 1.46. The van der Waals surface area contributed by atoms with Crippen LogP contribution in [0.25, 0.3) is 0 Å². The van der Waals surface area contributed by atoms with E-state index in [9.17, 15) is 0 Å². The molecule has 0 saturated carbocycles. The Kier molecular flexibility index (Phi) is 2.83. The number of oxime groups is 1. The number of nitrogens with zero attached hydrogens (tertiary/aromatic N) is 1. The summed E-state index contributed by atoms with van der Waals surface area (Å²) in [5.74, 6) is 0. The first-order valence-corrected chi connectivity index (χ1v) is 5.01. The molecule has 2 rings (SSSR count). The molecule has 0 unspecified atom stereocenters. The fraction of sp³-hybridized carbons (Fsp3) is 0. The van der Waals surface area contributed by atoms with Gasteiger partial charge in [-0.25, -0.2) is 0 Å². The lowest BCUT2D eigenvalue weighted by Crippen LogP contribution is -2.07. The van der Waals surface area contributed by atoms with Crippen LogP contribution in [-0.4, -0.2) is 15.9 Å². The van der Waals surface area contributed by atoms with Crippen LogP contribution < -0.4 is 5.73 Å². The van der Waals surface area contributed by atoms with Gasteiger partial charge in [-0.3, -0.25) is 0 Å². The van der Waals surface area contributed by atoms with Gasteiger partial charge in [-0.1, -0.05) is 16.8 Å². The van der Waals surface area contributed by atoms with Crippen molar-refractivity contribution in [3.63, 3.8) is 0 Å². The van der Waals surface area contributed by atoms with E-state index in [1.807, 2.05) is 0 Å². The number of nitrogens with one attached hydrogen (secondary N) is 1. The Balaban J connectivity index is 2.54. The van der Waals surface area contributed by atoms with Gasteiger partial charge in [0.25, 0.3) is 0 Å². The Hall–Kier alpha value is -1.94. The summed E-state index contributed by atoms with van der Waals surface area (Å²) in [7, 11) is 0. The number of halogens is 1. The quantitative estimate of drug-likeness (QED) is 0.324. The number of benzene rings is 1. The molecular formula is C11H10ClN3O. The molecule has 4 nitrogen and oxygen atoms in total. The lowest BCUT2D eigenvalue weighted by molar-refractivity contribution is 0.319. The van der Waals surface area contributed by atoms with E-state index in [1.54, 1.807) is 36.5 Å². The highest BCUT2D eigenvalue weighted by atomic mass is 35.5. The van der Waals surface area contributed by atoms with Gasteiger partial charge in [0, 0.05) is 22.5 Å². The minimum atomic E-state index is 0.366. The molecule has 0 bridgehead atoms. The van der Waals surface area contributed by atoms with Gasteiger partial charge < -0.3 is 15.9 Å². The summed E-state index contributed by atoms with van der Waals surface area (Å²) in [5.41, 5.74) is 7.95. The predicted molar refractivity (Wildman–Crippen MR) is 64.1 cm³/mol. The van der Waals surface area contributed by atoms with E-state index in [0.717, 1.165) is 0 Å². The molecule has 4 N–H and O–H groups in total. The van der Waals surface area contributed by atoms with E-state index in [1.165, 1.54) is 0 Å². The van der Waals surface area contributed by atoms with E-state index in [2.05, 4.69) is 10.1 Å². The van der Waals surface area contributed by atoms with Crippen molar-refractivity contribution in [3.05, 3.63) is 52.8 Å². The number of nitrogen functional groups attached to an aromatic ring is 1. The van der Waals surface area contributed by atoms with Crippen molar-refractivity contribution < 1.29 is 5.21 Å². The SMILES string of the molecule is Nc1ccc(Cl)cc1/C(=N\O)c1ccc[nH]1. The summed E-state index contributed by atoms with van der Waals surface area (Å²) in [6.07, 6.45) is 1.74. The molecule has 2 aromatic rings. The zero-order valence-electron chi connectivity index (χ0n) is 8.31. The molecule has 1 heterocycles. The first-order chi connectivity index (χ1) is 7.72. The van der Waals surface area contributed by atoms with Gasteiger partial charge in [-0.05, 0) is 30.3 Å². The zero-order chi connectivity index (χ0) is 11.5. The minimum absolute atomic E-state index is 0.366. The smallest absolute Gasteiger partial charge is 0.135 e. The number of anilines is 1.